The summed E-state index contributed by atoms with van der Waals surface area (Å²) in [6, 6.07) is 6.56. The van der Waals surface area contributed by atoms with Crippen molar-refractivity contribution in [3.8, 4) is 0 Å². The lowest BCUT2D eigenvalue weighted by molar-refractivity contribution is -0.121. The van der Waals surface area contributed by atoms with Crippen LogP contribution in [0.4, 0.5) is 0 Å². The molecule has 0 aliphatic rings. The van der Waals surface area contributed by atoms with Crippen LogP contribution in [0.2, 0.25) is 0 Å². The summed E-state index contributed by atoms with van der Waals surface area (Å²) in [5.74, 6) is -0.969. The Labute approximate surface area is 139 Å². The number of aromatic nitrogens is 1. The number of carboxylic acids is 1. The number of nitrogens with zero attached hydrogens (tertiary/aromatic N) is 1. The number of carbonyl (C=O) groups is 2. The van der Waals surface area contributed by atoms with E-state index in [0.29, 0.717) is 12.8 Å². The third-order valence-corrected chi connectivity index (χ3v) is 4.81. The van der Waals surface area contributed by atoms with Crippen LogP contribution < -0.4 is 5.32 Å². The van der Waals surface area contributed by atoms with Gasteiger partial charge in [-0.15, -0.1) is 11.3 Å². The van der Waals surface area contributed by atoms with Crippen LogP contribution in [0.5, 0.6) is 0 Å². The first kappa shape index (κ1) is 17.1. The number of carboxylic acid groups (broad SMARTS) is 1. The van der Waals surface area contributed by atoms with Crippen LogP contribution in [0.15, 0.2) is 24.3 Å². The second-order valence-corrected chi connectivity index (χ2v) is 6.71. The maximum absolute atomic E-state index is 12.1. The Bertz CT molecular complexity index is 707. The zero-order valence-corrected chi connectivity index (χ0v) is 14.2. The number of aryl methyl sites for hydroxylation is 3. The quantitative estimate of drug-likeness (QED) is 0.851. The molecule has 6 heteroatoms. The molecular weight excluding hydrogens is 312 g/mol. The molecule has 0 aliphatic carbocycles. The van der Waals surface area contributed by atoms with Crippen LogP contribution in [0.3, 0.4) is 0 Å². The van der Waals surface area contributed by atoms with Crippen molar-refractivity contribution in [2.24, 2.45) is 0 Å². The SMILES string of the molecule is Cc1nc(C)c([C@H](C)NC(=O)CCc2ccc(C(=O)O)cc2)s1. The minimum atomic E-state index is -0.946. The molecule has 2 aromatic rings. The molecular formula is C17H20N2O3S. The van der Waals surface area contributed by atoms with Gasteiger partial charge < -0.3 is 10.4 Å². The summed E-state index contributed by atoms with van der Waals surface area (Å²) in [5, 5.41) is 12.8. The molecule has 23 heavy (non-hydrogen) atoms. The lowest BCUT2D eigenvalue weighted by Crippen LogP contribution is -2.26. The van der Waals surface area contributed by atoms with Gasteiger partial charge in [0.05, 0.1) is 22.3 Å². The number of hydrogen-bond acceptors (Lipinski definition) is 4. The Hall–Kier alpha value is -2.21. The molecule has 122 valence electrons. The number of benzene rings is 1. The second-order valence-electron chi connectivity index (χ2n) is 5.47. The van der Waals surface area contributed by atoms with Gasteiger partial charge in [-0.05, 0) is 44.9 Å². The monoisotopic (exact) mass is 332 g/mol. The Kier molecular flexibility index (Phi) is 5.50. The van der Waals surface area contributed by atoms with E-state index in [9.17, 15) is 9.59 Å². The predicted molar refractivity (Wildman–Crippen MR) is 89.9 cm³/mol. The van der Waals surface area contributed by atoms with E-state index in [1.54, 1.807) is 35.6 Å². The van der Waals surface area contributed by atoms with Crippen LogP contribution in [0.25, 0.3) is 0 Å². The van der Waals surface area contributed by atoms with Crippen molar-refractivity contribution < 1.29 is 14.7 Å². The third-order valence-electron chi connectivity index (χ3n) is 3.55. The van der Waals surface area contributed by atoms with Crippen LogP contribution in [0.1, 0.15) is 50.9 Å². The molecule has 0 radical (unpaired) electrons. The number of thiazole rings is 1. The predicted octanol–water partition coefficient (Wildman–Crippen LogP) is 3.27. The first-order valence-corrected chi connectivity index (χ1v) is 8.24. The zero-order chi connectivity index (χ0) is 17.0. The molecule has 2 rings (SSSR count). The van der Waals surface area contributed by atoms with Gasteiger partial charge in [-0.25, -0.2) is 9.78 Å². The molecule has 2 N–H and O–H groups in total. The topological polar surface area (TPSA) is 79.3 Å². The van der Waals surface area contributed by atoms with E-state index < -0.39 is 5.97 Å². The lowest BCUT2D eigenvalue weighted by Gasteiger charge is -2.13. The molecule has 5 nitrogen and oxygen atoms in total. The Balaban J connectivity index is 1.87. The minimum absolute atomic E-state index is 0.0229. The van der Waals surface area contributed by atoms with Crippen LogP contribution in [0, 0.1) is 13.8 Å². The van der Waals surface area contributed by atoms with Gasteiger partial charge in [0.15, 0.2) is 0 Å². The molecule has 0 spiro atoms. The maximum Gasteiger partial charge on any atom is 0.335 e. The molecule has 0 unspecified atom stereocenters. The third kappa shape index (κ3) is 4.63. The Morgan fingerprint density at radius 2 is 1.91 bits per heavy atom. The molecule has 0 saturated carbocycles. The van der Waals surface area contributed by atoms with Crippen LogP contribution in [-0.4, -0.2) is 22.0 Å². The summed E-state index contributed by atoms with van der Waals surface area (Å²) >= 11 is 1.60. The molecule has 1 amide bonds. The Morgan fingerprint density at radius 1 is 1.26 bits per heavy atom. The van der Waals surface area contributed by atoms with Gasteiger partial charge in [0, 0.05) is 11.3 Å². The van der Waals surface area contributed by atoms with Gasteiger partial charge in [0.1, 0.15) is 0 Å². The van der Waals surface area contributed by atoms with E-state index >= 15 is 0 Å². The van der Waals surface area contributed by atoms with Gasteiger partial charge in [-0.1, -0.05) is 12.1 Å². The van der Waals surface area contributed by atoms with Crippen molar-refractivity contribution in [1.29, 1.82) is 0 Å². The highest BCUT2D eigenvalue weighted by Gasteiger charge is 2.15. The van der Waals surface area contributed by atoms with Gasteiger partial charge in [-0.3, -0.25) is 4.79 Å². The molecule has 1 heterocycles. The fraction of sp³-hybridized carbons (Fsp3) is 0.353. The number of hydrogen-bond donors (Lipinski definition) is 2. The fourth-order valence-corrected chi connectivity index (χ4v) is 3.33. The van der Waals surface area contributed by atoms with Gasteiger partial charge in [0.2, 0.25) is 5.91 Å². The van der Waals surface area contributed by atoms with Crippen molar-refractivity contribution in [1.82, 2.24) is 10.3 Å². The number of rotatable bonds is 6. The number of aromatic carboxylic acids is 1. The van der Waals surface area contributed by atoms with Gasteiger partial charge >= 0.3 is 5.97 Å². The van der Waals surface area contributed by atoms with Gasteiger partial charge in [0.25, 0.3) is 0 Å². The van der Waals surface area contributed by atoms with E-state index in [1.807, 2.05) is 20.8 Å². The largest absolute Gasteiger partial charge is 0.478 e. The lowest BCUT2D eigenvalue weighted by atomic mass is 10.1. The Morgan fingerprint density at radius 3 is 2.43 bits per heavy atom. The molecule has 1 atom stereocenters. The summed E-state index contributed by atoms with van der Waals surface area (Å²) < 4.78 is 0. The van der Waals surface area contributed by atoms with E-state index in [4.69, 9.17) is 5.11 Å². The van der Waals surface area contributed by atoms with Crippen molar-refractivity contribution in [2.75, 3.05) is 0 Å². The zero-order valence-electron chi connectivity index (χ0n) is 13.4. The number of nitrogens with one attached hydrogen (secondary N) is 1. The second kappa shape index (κ2) is 7.37. The molecule has 0 aliphatic heterocycles. The normalized spacial score (nSPS) is 12.0. The summed E-state index contributed by atoms with van der Waals surface area (Å²) in [5.41, 5.74) is 2.16. The number of carbonyl (C=O) groups excluding carboxylic acids is 1. The highest BCUT2D eigenvalue weighted by Crippen LogP contribution is 2.24. The first-order valence-electron chi connectivity index (χ1n) is 7.42. The van der Waals surface area contributed by atoms with E-state index in [2.05, 4.69) is 10.3 Å². The minimum Gasteiger partial charge on any atom is -0.478 e. The van der Waals surface area contributed by atoms with Crippen molar-refractivity contribution in [3.63, 3.8) is 0 Å². The van der Waals surface area contributed by atoms with Crippen molar-refractivity contribution in [2.45, 2.75) is 39.7 Å². The number of amides is 1. The fourth-order valence-electron chi connectivity index (χ4n) is 2.40. The highest BCUT2D eigenvalue weighted by atomic mass is 32.1. The average molecular weight is 332 g/mol. The molecule has 0 bridgehead atoms. The molecule has 0 saturated heterocycles. The molecule has 1 aromatic heterocycles. The average Bonchev–Trinajstić information content (AvgIpc) is 2.84. The molecule has 0 fully saturated rings. The van der Waals surface area contributed by atoms with Crippen LogP contribution >= 0.6 is 11.3 Å². The first-order chi connectivity index (χ1) is 10.9. The summed E-state index contributed by atoms with van der Waals surface area (Å²) in [7, 11) is 0. The summed E-state index contributed by atoms with van der Waals surface area (Å²) in [6.45, 7) is 5.86. The van der Waals surface area contributed by atoms with Crippen LogP contribution in [-0.2, 0) is 11.2 Å². The smallest absolute Gasteiger partial charge is 0.335 e. The van der Waals surface area contributed by atoms with Crippen molar-refractivity contribution in [3.05, 3.63) is 51.0 Å². The highest BCUT2D eigenvalue weighted by molar-refractivity contribution is 7.11. The van der Waals surface area contributed by atoms with E-state index in [-0.39, 0.29) is 17.5 Å². The van der Waals surface area contributed by atoms with Gasteiger partial charge in [-0.2, -0.15) is 0 Å². The maximum atomic E-state index is 12.1. The van der Waals surface area contributed by atoms with E-state index in [1.165, 1.54) is 0 Å². The van der Waals surface area contributed by atoms with Crippen molar-refractivity contribution >= 4 is 23.2 Å². The summed E-state index contributed by atoms with van der Waals surface area (Å²) in [6.07, 6.45) is 0.951. The standard InChI is InChI=1S/C17H20N2O3S/c1-10-16(23-12(3)18-10)11(2)19-15(20)9-6-13-4-7-14(8-5-13)17(21)22/h4-5,7-8,11H,6,9H2,1-3H3,(H,19,20)(H,21,22)/t11-/m0/s1. The molecule has 1 aromatic carbocycles. The van der Waals surface area contributed by atoms with E-state index in [0.717, 1.165) is 21.1 Å². The summed E-state index contributed by atoms with van der Waals surface area (Å²) in [4.78, 5) is 28.3.